The van der Waals surface area contributed by atoms with Crippen molar-refractivity contribution in [2.45, 2.75) is 13.8 Å². The van der Waals surface area contributed by atoms with Crippen LogP contribution in [0.4, 0.5) is 0 Å². The van der Waals surface area contributed by atoms with E-state index in [1.165, 1.54) is 0 Å². The van der Waals surface area contributed by atoms with E-state index in [0.29, 0.717) is 16.7 Å². The molecule has 0 aromatic heterocycles. The van der Waals surface area contributed by atoms with Crippen molar-refractivity contribution < 1.29 is 9.59 Å². The van der Waals surface area contributed by atoms with E-state index in [0.717, 1.165) is 5.57 Å². The Morgan fingerprint density at radius 3 is 1.71 bits per heavy atom. The van der Waals surface area contributed by atoms with Gasteiger partial charge in [-0.15, -0.1) is 0 Å². The van der Waals surface area contributed by atoms with Crippen LogP contribution in [0.1, 0.15) is 34.6 Å². The Kier molecular flexibility index (Phi) is 1.84. The molecule has 0 radical (unpaired) electrons. The zero-order valence-electron chi connectivity index (χ0n) is 8.13. The van der Waals surface area contributed by atoms with Gasteiger partial charge in [0, 0.05) is 11.1 Å². The number of rotatable bonds is 0. The lowest BCUT2D eigenvalue weighted by Gasteiger charge is -1.94. The van der Waals surface area contributed by atoms with Crippen LogP contribution in [0.25, 0.3) is 0 Å². The predicted octanol–water partition coefficient (Wildman–Crippen LogP) is 2.40. The number of allylic oxidation sites excluding steroid dienone is 2. The summed E-state index contributed by atoms with van der Waals surface area (Å²) in [5.41, 5.74) is 2.20. The highest BCUT2D eigenvalue weighted by Gasteiger charge is 2.32. The predicted molar refractivity (Wildman–Crippen MR) is 53.5 cm³/mol. The zero-order valence-corrected chi connectivity index (χ0v) is 8.13. The Bertz CT molecular complexity index is 426. The summed E-state index contributed by atoms with van der Waals surface area (Å²) in [7, 11) is 0. The van der Waals surface area contributed by atoms with E-state index in [-0.39, 0.29) is 11.6 Å². The van der Waals surface area contributed by atoms with Gasteiger partial charge in [0.15, 0.2) is 11.6 Å². The molecule has 0 N–H and O–H groups in total. The van der Waals surface area contributed by atoms with E-state index in [4.69, 9.17) is 0 Å². The van der Waals surface area contributed by atoms with Crippen molar-refractivity contribution in [2.75, 3.05) is 0 Å². The van der Waals surface area contributed by atoms with Crippen molar-refractivity contribution in [1.29, 1.82) is 0 Å². The normalized spacial score (nSPS) is 14.6. The Morgan fingerprint density at radius 2 is 1.36 bits per heavy atom. The second-order valence-corrected chi connectivity index (χ2v) is 3.58. The molecule has 0 aliphatic heterocycles. The van der Waals surface area contributed by atoms with Crippen LogP contribution in [0.3, 0.4) is 0 Å². The number of carbonyl (C=O) groups excluding carboxylic acids is 2. The fourth-order valence-electron chi connectivity index (χ4n) is 1.71. The molecule has 14 heavy (non-hydrogen) atoms. The lowest BCUT2D eigenvalue weighted by molar-refractivity contribution is 0.0987. The fourth-order valence-corrected chi connectivity index (χ4v) is 1.71. The van der Waals surface area contributed by atoms with Crippen molar-refractivity contribution in [3.63, 3.8) is 0 Å². The Labute approximate surface area is 82.2 Å². The summed E-state index contributed by atoms with van der Waals surface area (Å²) in [4.78, 5) is 23.5. The molecule has 0 fully saturated rings. The van der Waals surface area contributed by atoms with E-state index in [9.17, 15) is 9.59 Å². The van der Waals surface area contributed by atoms with Crippen LogP contribution in [0.2, 0.25) is 0 Å². The molecule has 0 unspecified atom stereocenters. The molecule has 1 aromatic rings. The minimum atomic E-state index is -0.134. The summed E-state index contributed by atoms with van der Waals surface area (Å²) < 4.78 is 0. The highest BCUT2D eigenvalue weighted by molar-refractivity contribution is 6.39. The first-order valence-electron chi connectivity index (χ1n) is 4.49. The summed E-state index contributed by atoms with van der Waals surface area (Å²) in [5, 5.41) is 0. The maximum Gasteiger partial charge on any atom is 0.197 e. The molecule has 0 saturated carbocycles. The maximum atomic E-state index is 11.8. The van der Waals surface area contributed by atoms with Gasteiger partial charge in [-0.1, -0.05) is 29.8 Å². The summed E-state index contributed by atoms with van der Waals surface area (Å²) in [6.45, 7) is 3.58. The first kappa shape index (κ1) is 8.88. The second kappa shape index (κ2) is 2.91. The number of hydrogen-bond acceptors (Lipinski definition) is 2. The minimum Gasteiger partial charge on any atom is -0.288 e. The fraction of sp³-hybridized carbons (Fsp3) is 0.167. The minimum absolute atomic E-state index is 0.134. The maximum absolute atomic E-state index is 11.8. The zero-order chi connectivity index (χ0) is 10.3. The van der Waals surface area contributed by atoms with Gasteiger partial charge in [0.1, 0.15) is 0 Å². The second-order valence-electron chi connectivity index (χ2n) is 3.58. The van der Waals surface area contributed by atoms with Gasteiger partial charge in [-0.3, -0.25) is 9.59 Å². The summed E-state index contributed by atoms with van der Waals surface area (Å²) in [6.07, 6.45) is 0. The van der Waals surface area contributed by atoms with E-state index in [1.807, 2.05) is 0 Å². The molecule has 2 rings (SSSR count). The molecule has 0 heterocycles. The van der Waals surface area contributed by atoms with E-state index in [2.05, 4.69) is 0 Å². The highest BCUT2D eigenvalue weighted by Crippen LogP contribution is 2.27. The molecule has 2 heteroatoms. The quantitative estimate of drug-likeness (QED) is 0.460. The van der Waals surface area contributed by atoms with Crippen LogP contribution >= 0.6 is 0 Å². The van der Waals surface area contributed by atoms with Gasteiger partial charge >= 0.3 is 0 Å². The molecule has 0 bridgehead atoms. The molecule has 2 nitrogen and oxygen atoms in total. The SMILES string of the molecule is CC(C)=C1C(=O)c2ccccc2C1=O. The molecule has 1 aliphatic carbocycles. The first-order chi connectivity index (χ1) is 6.63. The average Bonchev–Trinajstić information content (AvgIpc) is 2.41. The molecule has 0 atom stereocenters. The van der Waals surface area contributed by atoms with Gasteiger partial charge in [0.25, 0.3) is 0 Å². The molecule has 1 aromatic carbocycles. The third-order valence-electron chi connectivity index (χ3n) is 2.37. The van der Waals surface area contributed by atoms with Gasteiger partial charge < -0.3 is 0 Å². The Hall–Kier alpha value is -1.70. The lowest BCUT2D eigenvalue weighted by atomic mass is 10.1. The average molecular weight is 186 g/mol. The van der Waals surface area contributed by atoms with Gasteiger partial charge in [-0.25, -0.2) is 0 Å². The van der Waals surface area contributed by atoms with Crippen LogP contribution in [-0.2, 0) is 0 Å². The van der Waals surface area contributed by atoms with Crippen molar-refractivity contribution in [3.8, 4) is 0 Å². The third kappa shape index (κ3) is 1.04. The molecular formula is C12H10O2. The van der Waals surface area contributed by atoms with E-state index >= 15 is 0 Å². The number of carbonyl (C=O) groups is 2. The molecular weight excluding hydrogens is 176 g/mol. The van der Waals surface area contributed by atoms with Crippen LogP contribution < -0.4 is 0 Å². The van der Waals surface area contributed by atoms with Crippen molar-refractivity contribution in [1.82, 2.24) is 0 Å². The first-order valence-corrected chi connectivity index (χ1v) is 4.49. The molecule has 0 spiro atoms. The van der Waals surface area contributed by atoms with Crippen LogP contribution in [-0.4, -0.2) is 11.6 Å². The van der Waals surface area contributed by atoms with Crippen molar-refractivity contribution in [3.05, 3.63) is 46.5 Å². The number of Topliss-reactive ketones (excluding diaryl/α,β-unsaturated/α-hetero) is 2. The largest absolute Gasteiger partial charge is 0.288 e. The van der Waals surface area contributed by atoms with Gasteiger partial charge in [-0.2, -0.15) is 0 Å². The molecule has 0 saturated heterocycles. The van der Waals surface area contributed by atoms with Gasteiger partial charge in [0.2, 0.25) is 0 Å². The highest BCUT2D eigenvalue weighted by atomic mass is 16.2. The topological polar surface area (TPSA) is 34.1 Å². The third-order valence-corrected chi connectivity index (χ3v) is 2.37. The van der Waals surface area contributed by atoms with Crippen LogP contribution in [0.5, 0.6) is 0 Å². The number of ketones is 2. The van der Waals surface area contributed by atoms with Gasteiger partial charge in [-0.05, 0) is 13.8 Å². The molecule has 70 valence electrons. The smallest absolute Gasteiger partial charge is 0.197 e. The molecule has 0 amide bonds. The van der Waals surface area contributed by atoms with Crippen molar-refractivity contribution in [2.24, 2.45) is 0 Å². The van der Waals surface area contributed by atoms with Crippen LogP contribution in [0.15, 0.2) is 35.4 Å². The van der Waals surface area contributed by atoms with Crippen LogP contribution in [0, 0.1) is 0 Å². The van der Waals surface area contributed by atoms with E-state index < -0.39 is 0 Å². The number of hydrogen-bond donors (Lipinski definition) is 0. The lowest BCUT2D eigenvalue weighted by Crippen LogP contribution is -2.02. The Morgan fingerprint density at radius 1 is 0.929 bits per heavy atom. The van der Waals surface area contributed by atoms with Crippen molar-refractivity contribution >= 4 is 11.6 Å². The molecule has 1 aliphatic rings. The monoisotopic (exact) mass is 186 g/mol. The van der Waals surface area contributed by atoms with Gasteiger partial charge in [0.05, 0.1) is 5.57 Å². The standard InChI is InChI=1S/C12H10O2/c1-7(2)10-11(13)8-5-3-4-6-9(8)12(10)14/h3-6H,1-2H3. The summed E-state index contributed by atoms with van der Waals surface area (Å²) in [5.74, 6) is -0.267. The Balaban J connectivity index is 2.72. The summed E-state index contributed by atoms with van der Waals surface area (Å²) in [6, 6.07) is 6.95. The van der Waals surface area contributed by atoms with E-state index in [1.54, 1.807) is 38.1 Å². The number of fused-ring (bicyclic) bond motifs is 1. The number of benzene rings is 1. The summed E-state index contributed by atoms with van der Waals surface area (Å²) >= 11 is 0.